The maximum Gasteiger partial charge on any atom is 0.345 e. The number of carbonyl (C=O) groups is 2. The van der Waals surface area contributed by atoms with Crippen LogP contribution in [0.3, 0.4) is 0 Å². The van der Waals surface area contributed by atoms with Gasteiger partial charge in [-0.25, -0.2) is 4.79 Å². The summed E-state index contributed by atoms with van der Waals surface area (Å²) in [5.41, 5.74) is 0. The van der Waals surface area contributed by atoms with Crippen molar-refractivity contribution in [3.05, 3.63) is 21.9 Å². The predicted octanol–water partition coefficient (Wildman–Crippen LogP) is 1.94. The third-order valence-electron chi connectivity index (χ3n) is 3.24. The minimum absolute atomic E-state index is 0.0710. The Morgan fingerprint density at radius 2 is 2.21 bits per heavy atom. The van der Waals surface area contributed by atoms with E-state index in [2.05, 4.69) is 0 Å². The largest absolute Gasteiger partial charge is 0.477 e. The van der Waals surface area contributed by atoms with Crippen molar-refractivity contribution in [1.29, 1.82) is 0 Å². The summed E-state index contributed by atoms with van der Waals surface area (Å²) in [5, 5.41) is 8.87. The molecule has 0 unspecified atom stereocenters. The van der Waals surface area contributed by atoms with Gasteiger partial charge in [-0.3, -0.25) is 4.79 Å². The molecule has 2 heterocycles. The average molecular weight is 283 g/mol. The van der Waals surface area contributed by atoms with E-state index in [4.69, 9.17) is 9.84 Å². The van der Waals surface area contributed by atoms with Gasteiger partial charge >= 0.3 is 5.97 Å². The lowest BCUT2D eigenvalue weighted by Gasteiger charge is -2.32. The Bertz CT molecular complexity index is 469. The van der Waals surface area contributed by atoms with E-state index in [0.717, 1.165) is 30.7 Å². The number of hydrogen-bond acceptors (Lipinski definition) is 4. The molecular weight excluding hydrogens is 266 g/mol. The number of nitrogens with zero attached hydrogens (tertiary/aromatic N) is 1. The molecule has 6 heteroatoms. The van der Waals surface area contributed by atoms with Crippen LogP contribution in [0, 0.1) is 5.92 Å². The lowest BCUT2D eigenvalue weighted by molar-refractivity contribution is 0.0575. The number of carboxylic acid groups (broad SMARTS) is 1. The molecule has 1 amide bonds. The molecule has 1 N–H and O–H groups in total. The van der Waals surface area contributed by atoms with Gasteiger partial charge in [-0.05, 0) is 30.9 Å². The number of hydrogen-bond donors (Lipinski definition) is 1. The van der Waals surface area contributed by atoms with Crippen LogP contribution in [-0.2, 0) is 4.74 Å². The number of thiophene rings is 1. The molecule has 1 atom stereocenters. The molecule has 1 aliphatic rings. The van der Waals surface area contributed by atoms with Crippen LogP contribution in [-0.4, -0.2) is 48.7 Å². The first-order valence-electron chi connectivity index (χ1n) is 6.23. The fourth-order valence-electron chi connectivity index (χ4n) is 2.34. The van der Waals surface area contributed by atoms with Gasteiger partial charge in [0, 0.05) is 20.2 Å². The van der Waals surface area contributed by atoms with Crippen LogP contribution in [0.2, 0.25) is 0 Å². The maximum atomic E-state index is 12.3. The van der Waals surface area contributed by atoms with E-state index in [-0.39, 0.29) is 10.8 Å². The third kappa shape index (κ3) is 3.33. The molecule has 1 aromatic heterocycles. The van der Waals surface area contributed by atoms with Crippen molar-refractivity contribution >= 4 is 23.2 Å². The highest BCUT2D eigenvalue weighted by Crippen LogP contribution is 2.22. The molecule has 1 aromatic rings. The Morgan fingerprint density at radius 1 is 1.47 bits per heavy atom. The number of amides is 1. The highest BCUT2D eigenvalue weighted by molar-refractivity contribution is 7.15. The summed E-state index contributed by atoms with van der Waals surface area (Å²) in [4.78, 5) is 25.6. The summed E-state index contributed by atoms with van der Waals surface area (Å²) in [7, 11) is 1.67. The summed E-state index contributed by atoms with van der Waals surface area (Å²) in [6.07, 6.45) is 2.04. The minimum atomic E-state index is -0.986. The van der Waals surface area contributed by atoms with Crippen LogP contribution in [0.1, 0.15) is 32.2 Å². The van der Waals surface area contributed by atoms with Crippen molar-refractivity contribution < 1.29 is 19.4 Å². The summed E-state index contributed by atoms with van der Waals surface area (Å²) in [5.74, 6) is -0.681. The molecule has 0 aromatic carbocycles. The van der Waals surface area contributed by atoms with Crippen molar-refractivity contribution in [2.75, 3.05) is 26.8 Å². The Morgan fingerprint density at radius 3 is 2.84 bits per heavy atom. The number of likely N-dealkylation sites (tertiary alicyclic amines) is 1. The number of rotatable bonds is 4. The zero-order valence-corrected chi connectivity index (χ0v) is 11.6. The van der Waals surface area contributed by atoms with E-state index in [0.29, 0.717) is 23.9 Å². The zero-order valence-electron chi connectivity index (χ0n) is 10.8. The molecular formula is C13H17NO4S. The Balaban J connectivity index is 2.03. The van der Waals surface area contributed by atoms with Gasteiger partial charge in [-0.1, -0.05) is 0 Å². The second-order valence-electron chi connectivity index (χ2n) is 4.68. The van der Waals surface area contributed by atoms with Gasteiger partial charge in [0.1, 0.15) is 4.88 Å². The molecule has 19 heavy (non-hydrogen) atoms. The molecule has 0 bridgehead atoms. The van der Waals surface area contributed by atoms with Gasteiger partial charge in [-0.2, -0.15) is 0 Å². The molecule has 5 nitrogen and oxygen atoms in total. The standard InChI is InChI=1S/C13H17NO4S/c1-18-8-9-3-2-6-14(7-9)12(15)10-4-5-11(19-10)13(16)17/h4-5,9H,2-3,6-8H2,1H3,(H,16,17)/t9-/m1/s1. The van der Waals surface area contributed by atoms with Gasteiger partial charge in [0.2, 0.25) is 0 Å². The predicted molar refractivity (Wildman–Crippen MR) is 71.8 cm³/mol. The van der Waals surface area contributed by atoms with Crippen molar-refractivity contribution in [2.24, 2.45) is 5.92 Å². The van der Waals surface area contributed by atoms with E-state index in [1.807, 2.05) is 0 Å². The molecule has 104 valence electrons. The lowest BCUT2D eigenvalue weighted by atomic mass is 9.99. The van der Waals surface area contributed by atoms with E-state index in [9.17, 15) is 9.59 Å². The first-order valence-corrected chi connectivity index (χ1v) is 7.05. The van der Waals surface area contributed by atoms with Crippen LogP contribution in [0.25, 0.3) is 0 Å². The number of carbonyl (C=O) groups excluding carboxylic acids is 1. The molecule has 0 radical (unpaired) electrons. The van der Waals surface area contributed by atoms with Crippen LogP contribution >= 0.6 is 11.3 Å². The van der Waals surface area contributed by atoms with Gasteiger partial charge < -0.3 is 14.7 Å². The highest BCUT2D eigenvalue weighted by atomic mass is 32.1. The molecule has 0 aliphatic carbocycles. The second-order valence-corrected chi connectivity index (χ2v) is 5.77. The van der Waals surface area contributed by atoms with Crippen molar-refractivity contribution in [1.82, 2.24) is 4.90 Å². The molecule has 1 aliphatic heterocycles. The van der Waals surface area contributed by atoms with Gasteiger partial charge in [0.05, 0.1) is 11.5 Å². The molecule has 1 saturated heterocycles. The third-order valence-corrected chi connectivity index (χ3v) is 4.30. The van der Waals surface area contributed by atoms with Gasteiger partial charge in [0.25, 0.3) is 5.91 Å². The smallest absolute Gasteiger partial charge is 0.345 e. The van der Waals surface area contributed by atoms with E-state index >= 15 is 0 Å². The number of carboxylic acids is 1. The number of piperidine rings is 1. The van der Waals surface area contributed by atoms with E-state index in [1.54, 1.807) is 18.1 Å². The Kier molecular flexibility index (Phi) is 4.55. The van der Waals surface area contributed by atoms with Crippen molar-refractivity contribution in [2.45, 2.75) is 12.8 Å². The number of ether oxygens (including phenoxy) is 1. The molecule has 1 fully saturated rings. The van der Waals surface area contributed by atoms with E-state index < -0.39 is 5.97 Å². The summed E-state index contributed by atoms with van der Waals surface area (Å²) >= 11 is 1.04. The normalized spacial score (nSPS) is 19.4. The zero-order chi connectivity index (χ0) is 13.8. The fraction of sp³-hybridized carbons (Fsp3) is 0.538. The number of methoxy groups -OCH3 is 1. The quantitative estimate of drug-likeness (QED) is 0.917. The van der Waals surface area contributed by atoms with E-state index in [1.165, 1.54) is 6.07 Å². The summed E-state index contributed by atoms with van der Waals surface area (Å²) < 4.78 is 5.14. The molecule has 2 rings (SSSR count). The monoisotopic (exact) mass is 283 g/mol. The molecule has 0 spiro atoms. The number of aromatic carboxylic acids is 1. The first-order chi connectivity index (χ1) is 9.11. The maximum absolute atomic E-state index is 12.3. The van der Waals surface area contributed by atoms with Crippen LogP contribution < -0.4 is 0 Å². The average Bonchev–Trinajstić information content (AvgIpc) is 2.88. The van der Waals surface area contributed by atoms with Crippen LogP contribution in [0.15, 0.2) is 12.1 Å². The first kappa shape index (κ1) is 14.0. The van der Waals surface area contributed by atoms with Crippen molar-refractivity contribution in [3.8, 4) is 0 Å². The highest BCUT2D eigenvalue weighted by Gasteiger charge is 2.25. The van der Waals surface area contributed by atoms with Crippen LogP contribution in [0.5, 0.6) is 0 Å². The van der Waals surface area contributed by atoms with Crippen molar-refractivity contribution in [3.63, 3.8) is 0 Å². The Hall–Kier alpha value is -1.40. The SMILES string of the molecule is COC[C@@H]1CCCN(C(=O)c2ccc(C(=O)O)s2)C1. The fourth-order valence-corrected chi connectivity index (χ4v) is 3.16. The summed E-state index contributed by atoms with van der Waals surface area (Å²) in [6, 6.07) is 3.08. The van der Waals surface area contributed by atoms with Crippen LogP contribution in [0.4, 0.5) is 0 Å². The summed E-state index contributed by atoms with van der Waals surface area (Å²) in [6.45, 7) is 2.08. The minimum Gasteiger partial charge on any atom is -0.477 e. The van der Waals surface area contributed by atoms with Gasteiger partial charge in [-0.15, -0.1) is 11.3 Å². The van der Waals surface area contributed by atoms with Gasteiger partial charge in [0.15, 0.2) is 0 Å². The topological polar surface area (TPSA) is 66.8 Å². The second kappa shape index (κ2) is 6.16. The lowest BCUT2D eigenvalue weighted by Crippen LogP contribution is -2.40. The molecule has 0 saturated carbocycles. The Labute approximate surface area is 115 Å².